The second-order valence-electron chi connectivity index (χ2n) is 10.1. The van der Waals surface area contributed by atoms with Gasteiger partial charge in [0.05, 0.1) is 16.7 Å². The molecule has 0 fully saturated rings. The van der Waals surface area contributed by atoms with Gasteiger partial charge in [-0.3, -0.25) is 0 Å². The Kier molecular flexibility index (Phi) is 5.99. The van der Waals surface area contributed by atoms with E-state index in [1.54, 1.807) is 6.07 Å². The molecule has 8 rings (SSSR count). The summed E-state index contributed by atoms with van der Waals surface area (Å²) in [5.74, 6) is 1.01. The molecule has 0 aliphatic heterocycles. The normalized spacial score (nSPS) is 11.4. The van der Waals surface area contributed by atoms with Crippen LogP contribution in [0.4, 0.5) is 0 Å². The van der Waals surface area contributed by atoms with E-state index in [9.17, 15) is 5.11 Å². The Labute approximate surface area is 250 Å². The molecule has 5 nitrogen and oxygen atoms in total. The van der Waals surface area contributed by atoms with Crippen LogP contribution >= 0.6 is 0 Å². The van der Waals surface area contributed by atoms with Crippen molar-refractivity contribution in [1.29, 1.82) is 0 Å². The zero-order chi connectivity index (χ0) is 26.8. The van der Waals surface area contributed by atoms with Crippen molar-refractivity contribution in [3.63, 3.8) is 0 Å². The number of nitrogens with zero attached hydrogens (tertiary/aromatic N) is 4. The maximum Gasteiger partial charge on any atom is 0.141 e. The Morgan fingerprint density at radius 3 is 2.22 bits per heavy atom. The molecule has 5 aromatic carbocycles. The zero-order valence-electron chi connectivity index (χ0n) is 22.0. The van der Waals surface area contributed by atoms with Gasteiger partial charge >= 0.3 is 0 Å². The van der Waals surface area contributed by atoms with E-state index in [0.29, 0.717) is 5.52 Å². The monoisotopic (exact) mass is 710 g/mol. The average molecular weight is 711 g/mol. The van der Waals surface area contributed by atoms with Crippen molar-refractivity contribution in [3.8, 4) is 39.5 Å². The molecule has 200 valence electrons. The summed E-state index contributed by atoms with van der Waals surface area (Å²) in [6.07, 6.45) is 0. The number of fused-ring (bicyclic) bond motifs is 5. The van der Waals surface area contributed by atoms with Crippen molar-refractivity contribution in [3.05, 3.63) is 115 Å². The van der Waals surface area contributed by atoms with Gasteiger partial charge in [0.1, 0.15) is 17.1 Å². The molecule has 0 unspecified atom stereocenters. The number of benzene rings is 5. The number of phenolic OH excluding ortho intramolecular Hbond substituents is 1. The predicted molar refractivity (Wildman–Crippen MR) is 162 cm³/mol. The van der Waals surface area contributed by atoms with E-state index in [2.05, 4.69) is 71.3 Å². The zero-order valence-corrected chi connectivity index (χ0v) is 24.3. The second kappa shape index (κ2) is 9.72. The molecular formula is C35H23N4OPt-. The van der Waals surface area contributed by atoms with E-state index in [1.807, 2.05) is 49.5 Å². The van der Waals surface area contributed by atoms with Gasteiger partial charge in [-0.15, -0.1) is 11.0 Å². The number of para-hydroxylation sites is 4. The van der Waals surface area contributed by atoms with Crippen LogP contribution in [0, 0.1) is 0 Å². The number of aryl methyl sites for hydroxylation is 1. The van der Waals surface area contributed by atoms with E-state index in [0.717, 1.165) is 72.0 Å². The molecular weight excluding hydrogens is 687 g/mol. The van der Waals surface area contributed by atoms with E-state index in [-0.39, 0.29) is 26.8 Å². The molecule has 41 heavy (non-hydrogen) atoms. The Balaban J connectivity index is 0.00000276. The standard InChI is InChI=1S/C35H23N4O.Pt/c1-39-30-18-8-15-25(29-20-27(21-10-3-2-4-11-21)24-14-9-19-31(40)34(24)37-29)33(30)38-35(39)26-16-7-13-23-22-12-5-6-17-28(22)36-32(23)26;/h2-20H,1H3,(H-,36,37,38,40);/q-1;. The fourth-order valence-corrected chi connectivity index (χ4v) is 5.87. The van der Waals surface area contributed by atoms with Gasteiger partial charge < -0.3 is 14.7 Å². The van der Waals surface area contributed by atoms with Gasteiger partial charge in [0.2, 0.25) is 0 Å². The van der Waals surface area contributed by atoms with Gasteiger partial charge in [-0.2, -0.15) is 0 Å². The summed E-state index contributed by atoms with van der Waals surface area (Å²) in [5, 5.41) is 14.0. The first kappa shape index (κ1) is 25.3. The van der Waals surface area contributed by atoms with Crippen molar-refractivity contribution in [2.75, 3.05) is 0 Å². The summed E-state index contributed by atoms with van der Waals surface area (Å²) in [5.41, 5.74) is 9.11. The SMILES string of the molecule is Cn1c(-c2cccc3c2[n-]c2ccccc23)nc2c(-c3cc(-c4ccccc4)c4cccc(O)c4n3)cccc21.[Pt]. The minimum atomic E-state index is 0. The number of rotatable bonds is 3. The van der Waals surface area contributed by atoms with Gasteiger partial charge in [-0.1, -0.05) is 97.1 Å². The Morgan fingerprint density at radius 2 is 1.34 bits per heavy atom. The van der Waals surface area contributed by atoms with Crippen LogP contribution in [0.1, 0.15) is 0 Å². The summed E-state index contributed by atoms with van der Waals surface area (Å²) in [7, 11) is 2.05. The van der Waals surface area contributed by atoms with Crippen molar-refractivity contribution in [1.82, 2.24) is 19.5 Å². The van der Waals surface area contributed by atoms with E-state index in [4.69, 9.17) is 15.0 Å². The first-order valence-corrected chi connectivity index (χ1v) is 13.3. The Morgan fingerprint density at radius 1 is 0.634 bits per heavy atom. The third kappa shape index (κ3) is 3.88. The van der Waals surface area contributed by atoms with Crippen LogP contribution in [0.3, 0.4) is 0 Å². The van der Waals surface area contributed by atoms with Crippen LogP contribution in [0.5, 0.6) is 5.75 Å². The fraction of sp³-hybridized carbons (Fsp3) is 0.0286. The summed E-state index contributed by atoms with van der Waals surface area (Å²) in [6, 6.07) is 38.6. The molecule has 0 atom stereocenters. The van der Waals surface area contributed by atoms with E-state index >= 15 is 0 Å². The number of phenols is 1. The molecule has 0 amide bonds. The predicted octanol–water partition coefficient (Wildman–Crippen LogP) is 8.09. The molecule has 0 saturated carbocycles. The topological polar surface area (TPSA) is 65.0 Å². The van der Waals surface area contributed by atoms with Gasteiger partial charge in [0.25, 0.3) is 0 Å². The molecule has 1 N–H and O–H groups in total. The summed E-state index contributed by atoms with van der Waals surface area (Å²) in [6.45, 7) is 0. The van der Waals surface area contributed by atoms with E-state index in [1.165, 1.54) is 0 Å². The molecule has 6 heteroatoms. The van der Waals surface area contributed by atoms with Crippen LogP contribution in [0.15, 0.2) is 115 Å². The number of aromatic hydroxyl groups is 1. The van der Waals surface area contributed by atoms with Crippen LogP contribution in [0.25, 0.3) is 77.5 Å². The van der Waals surface area contributed by atoms with Crippen molar-refractivity contribution >= 4 is 43.7 Å². The third-order valence-electron chi connectivity index (χ3n) is 7.79. The van der Waals surface area contributed by atoms with Gasteiger partial charge in [-0.25, -0.2) is 9.97 Å². The first-order valence-electron chi connectivity index (χ1n) is 13.3. The minimum Gasteiger partial charge on any atom is -0.656 e. The molecule has 0 radical (unpaired) electrons. The second-order valence-corrected chi connectivity index (χ2v) is 10.1. The molecule has 0 bridgehead atoms. The minimum absolute atomic E-state index is 0. The van der Waals surface area contributed by atoms with Crippen LogP contribution in [-0.4, -0.2) is 19.6 Å². The number of hydrogen-bond donors (Lipinski definition) is 1. The fourth-order valence-electron chi connectivity index (χ4n) is 5.87. The van der Waals surface area contributed by atoms with Crippen molar-refractivity contribution < 1.29 is 26.2 Å². The van der Waals surface area contributed by atoms with E-state index < -0.39 is 0 Å². The third-order valence-corrected chi connectivity index (χ3v) is 7.79. The molecule has 8 aromatic rings. The first-order chi connectivity index (χ1) is 19.7. The summed E-state index contributed by atoms with van der Waals surface area (Å²) >= 11 is 0. The average Bonchev–Trinajstić information content (AvgIpc) is 3.55. The molecule has 0 spiro atoms. The molecule has 0 aliphatic carbocycles. The summed E-state index contributed by atoms with van der Waals surface area (Å²) < 4.78 is 2.13. The Bertz CT molecular complexity index is 2250. The molecule has 0 aliphatic rings. The smallest absolute Gasteiger partial charge is 0.141 e. The number of pyridine rings is 1. The largest absolute Gasteiger partial charge is 0.656 e. The van der Waals surface area contributed by atoms with Crippen LogP contribution < -0.4 is 4.98 Å². The maximum atomic E-state index is 10.8. The van der Waals surface area contributed by atoms with Crippen molar-refractivity contribution in [2.45, 2.75) is 0 Å². The number of aromatic nitrogens is 4. The van der Waals surface area contributed by atoms with Crippen LogP contribution in [0.2, 0.25) is 0 Å². The number of hydrogen-bond acceptors (Lipinski definition) is 3. The quantitative estimate of drug-likeness (QED) is 0.202. The van der Waals surface area contributed by atoms with Crippen LogP contribution in [-0.2, 0) is 28.1 Å². The molecule has 3 heterocycles. The Hall–Kier alpha value is -4.73. The number of imidazole rings is 1. The summed E-state index contributed by atoms with van der Waals surface area (Å²) in [4.78, 5) is 15.1. The maximum absolute atomic E-state index is 10.8. The van der Waals surface area contributed by atoms with Gasteiger partial charge in [-0.05, 0) is 40.1 Å². The van der Waals surface area contributed by atoms with Gasteiger partial charge in [0.15, 0.2) is 0 Å². The molecule has 3 aromatic heterocycles. The van der Waals surface area contributed by atoms with Crippen molar-refractivity contribution in [2.24, 2.45) is 7.05 Å². The van der Waals surface area contributed by atoms with Gasteiger partial charge in [0, 0.05) is 44.6 Å². The molecule has 0 saturated heterocycles.